The number of imide groups is 1. The van der Waals surface area contributed by atoms with Crippen molar-refractivity contribution in [1.82, 2.24) is 20.2 Å². The van der Waals surface area contributed by atoms with Crippen molar-refractivity contribution in [3.8, 4) is 0 Å². The van der Waals surface area contributed by atoms with E-state index in [1.165, 1.54) is 0 Å². The summed E-state index contributed by atoms with van der Waals surface area (Å²) in [5, 5.41) is 4.67. The number of esters is 1. The second kappa shape index (κ2) is 9.96. The van der Waals surface area contributed by atoms with Crippen LogP contribution in [-0.2, 0) is 26.6 Å². The highest BCUT2D eigenvalue weighted by molar-refractivity contribution is 7.97. The van der Waals surface area contributed by atoms with Crippen molar-refractivity contribution in [3.05, 3.63) is 30.1 Å². The summed E-state index contributed by atoms with van der Waals surface area (Å²) in [5.74, 6) is 0.434. The number of benzene rings is 1. The van der Waals surface area contributed by atoms with Crippen LogP contribution in [0.5, 0.6) is 0 Å². The number of nitrogens with zero attached hydrogens (tertiary/aromatic N) is 2. The van der Waals surface area contributed by atoms with Crippen LogP contribution in [0.3, 0.4) is 0 Å². The highest BCUT2D eigenvalue weighted by atomic mass is 32.2. The molecule has 3 amide bonds. The van der Waals surface area contributed by atoms with E-state index in [0.29, 0.717) is 12.3 Å². The Kier molecular flexibility index (Phi) is 7.66. The number of carbonyl (C=O) groups excluding carboxylic acids is 3. The second-order valence-corrected chi connectivity index (χ2v) is 7.21. The largest absolute Gasteiger partial charge is 0.454 e. The lowest BCUT2D eigenvalue weighted by atomic mass is 10.2. The normalized spacial score (nSPS) is 10.8. The molecule has 8 nitrogen and oxygen atoms in total. The second-order valence-electron chi connectivity index (χ2n) is 6.35. The number of ether oxygens (including phenoxy) is 1. The molecule has 0 radical (unpaired) electrons. The molecule has 0 saturated carbocycles. The Balaban J connectivity index is 1.90. The molecule has 1 aromatic heterocycles. The number of hydrogen-bond donors (Lipinski definition) is 2. The molecule has 9 heteroatoms. The quantitative estimate of drug-likeness (QED) is 0.666. The minimum absolute atomic E-state index is 0.0523. The number of para-hydroxylation sites is 2. The fourth-order valence-corrected chi connectivity index (χ4v) is 2.84. The Morgan fingerprint density at radius 1 is 1.26 bits per heavy atom. The summed E-state index contributed by atoms with van der Waals surface area (Å²) < 4.78 is 6.78. The van der Waals surface area contributed by atoms with Gasteiger partial charge in [-0.2, -0.15) is 11.8 Å². The van der Waals surface area contributed by atoms with Gasteiger partial charge in [-0.3, -0.25) is 14.9 Å². The van der Waals surface area contributed by atoms with Crippen molar-refractivity contribution >= 4 is 40.7 Å². The molecule has 1 aromatic carbocycles. The van der Waals surface area contributed by atoms with E-state index in [-0.39, 0.29) is 12.5 Å². The summed E-state index contributed by atoms with van der Waals surface area (Å²) in [6.07, 6.45) is 1.96. The van der Waals surface area contributed by atoms with Crippen molar-refractivity contribution < 1.29 is 19.1 Å². The van der Waals surface area contributed by atoms with Gasteiger partial charge in [0.05, 0.1) is 16.8 Å². The van der Waals surface area contributed by atoms with E-state index in [9.17, 15) is 14.4 Å². The number of carbonyl (C=O) groups is 3. The van der Waals surface area contributed by atoms with Crippen molar-refractivity contribution in [2.45, 2.75) is 26.1 Å². The average molecular weight is 392 g/mol. The number of rotatable bonds is 8. The first-order chi connectivity index (χ1) is 12.9. The van der Waals surface area contributed by atoms with Gasteiger partial charge in [0.25, 0.3) is 5.91 Å². The van der Waals surface area contributed by atoms with Crippen LogP contribution < -0.4 is 10.6 Å². The Hall–Kier alpha value is -2.55. The maximum atomic E-state index is 12.2. The molecule has 0 bridgehead atoms. The predicted molar refractivity (Wildman–Crippen MR) is 104 cm³/mol. The number of thioether (sulfide) groups is 1. The summed E-state index contributed by atoms with van der Waals surface area (Å²) in [7, 11) is 0. The number of hydrogen-bond acceptors (Lipinski definition) is 6. The zero-order valence-corrected chi connectivity index (χ0v) is 16.5. The molecule has 1 heterocycles. The topological polar surface area (TPSA) is 102 Å². The van der Waals surface area contributed by atoms with Gasteiger partial charge in [0.1, 0.15) is 12.4 Å². The minimum atomic E-state index is -0.676. The average Bonchev–Trinajstić information content (AvgIpc) is 2.96. The van der Waals surface area contributed by atoms with E-state index in [2.05, 4.69) is 15.6 Å². The molecular weight excluding hydrogens is 368 g/mol. The minimum Gasteiger partial charge on any atom is -0.454 e. The monoisotopic (exact) mass is 392 g/mol. The summed E-state index contributed by atoms with van der Waals surface area (Å²) in [4.78, 5) is 39.9. The Bertz CT molecular complexity index is 819. The van der Waals surface area contributed by atoms with Gasteiger partial charge in [0.15, 0.2) is 6.61 Å². The van der Waals surface area contributed by atoms with Crippen LogP contribution >= 0.6 is 11.8 Å². The van der Waals surface area contributed by atoms with Crippen LogP contribution in [0.25, 0.3) is 11.0 Å². The molecule has 0 saturated heterocycles. The number of nitrogens with one attached hydrogen (secondary N) is 2. The van der Waals surface area contributed by atoms with Crippen LogP contribution in [0.4, 0.5) is 4.79 Å². The summed E-state index contributed by atoms with van der Waals surface area (Å²) >= 11 is 1.60. The van der Waals surface area contributed by atoms with Gasteiger partial charge in [-0.05, 0) is 24.3 Å². The molecule has 0 fully saturated rings. The molecule has 2 aromatic rings. The van der Waals surface area contributed by atoms with Crippen molar-refractivity contribution in [1.29, 1.82) is 0 Å². The van der Waals surface area contributed by atoms with Gasteiger partial charge < -0.3 is 14.6 Å². The molecule has 0 aliphatic rings. The maximum Gasteiger partial charge on any atom is 0.326 e. The standard InChI is InChI=1S/C18H24N4O4S/c1-12(2)8-19-18(25)21-16(23)10-26-17(24)9-22-14-7-5-4-6-13(14)20-15(22)11-27-3/h4-7,12H,8-11H2,1-3H3,(H2,19,21,23,25). The van der Waals surface area contributed by atoms with E-state index >= 15 is 0 Å². The zero-order valence-electron chi connectivity index (χ0n) is 15.7. The molecule has 2 N–H and O–H groups in total. The van der Waals surface area contributed by atoms with E-state index in [0.717, 1.165) is 16.9 Å². The molecule has 27 heavy (non-hydrogen) atoms. The molecular formula is C18H24N4O4S. The van der Waals surface area contributed by atoms with Gasteiger partial charge in [-0.25, -0.2) is 9.78 Å². The number of imidazole rings is 1. The number of fused-ring (bicyclic) bond motifs is 1. The van der Waals surface area contributed by atoms with Gasteiger partial charge >= 0.3 is 12.0 Å². The Morgan fingerprint density at radius 2 is 2.00 bits per heavy atom. The predicted octanol–water partition coefficient (Wildman–Crippen LogP) is 1.92. The SMILES string of the molecule is CSCc1nc2ccccc2n1CC(=O)OCC(=O)NC(=O)NCC(C)C. The van der Waals surface area contributed by atoms with Crippen molar-refractivity contribution in [3.63, 3.8) is 0 Å². The van der Waals surface area contributed by atoms with Crippen molar-refractivity contribution in [2.24, 2.45) is 5.92 Å². The maximum absolute atomic E-state index is 12.2. The third kappa shape index (κ3) is 6.28. The van der Waals surface area contributed by atoms with Crippen LogP contribution in [0.1, 0.15) is 19.7 Å². The van der Waals surface area contributed by atoms with Crippen LogP contribution in [-0.4, -0.2) is 46.9 Å². The van der Waals surface area contributed by atoms with E-state index < -0.39 is 24.5 Å². The number of urea groups is 1. The highest BCUT2D eigenvalue weighted by Crippen LogP contribution is 2.19. The molecule has 0 spiro atoms. The number of aromatic nitrogens is 2. The number of amides is 3. The van der Waals surface area contributed by atoms with Crippen molar-refractivity contribution in [2.75, 3.05) is 19.4 Å². The zero-order chi connectivity index (χ0) is 19.8. The molecule has 0 unspecified atom stereocenters. The highest BCUT2D eigenvalue weighted by Gasteiger charge is 2.16. The van der Waals surface area contributed by atoms with E-state index in [1.54, 1.807) is 16.3 Å². The molecule has 0 aliphatic heterocycles. The van der Waals surface area contributed by atoms with Gasteiger partial charge in [0, 0.05) is 6.54 Å². The Labute approximate surface area is 162 Å². The molecule has 0 atom stereocenters. The summed E-state index contributed by atoms with van der Waals surface area (Å²) in [6.45, 7) is 3.76. The Morgan fingerprint density at radius 3 is 2.70 bits per heavy atom. The lowest BCUT2D eigenvalue weighted by Gasteiger charge is -2.10. The summed E-state index contributed by atoms with van der Waals surface area (Å²) in [5.41, 5.74) is 1.63. The van der Waals surface area contributed by atoms with Crippen LogP contribution in [0.2, 0.25) is 0 Å². The third-order valence-corrected chi connectivity index (χ3v) is 4.13. The lowest BCUT2D eigenvalue weighted by Crippen LogP contribution is -2.42. The fraction of sp³-hybridized carbons (Fsp3) is 0.444. The lowest BCUT2D eigenvalue weighted by molar-refractivity contribution is -0.148. The fourth-order valence-electron chi connectivity index (χ4n) is 2.37. The molecule has 2 rings (SSSR count). The summed E-state index contributed by atoms with van der Waals surface area (Å²) in [6, 6.07) is 6.91. The van der Waals surface area contributed by atoms with E-state index in [1.807, 2.05) is 44.4 Å². The molecule has 0 aliphatic carbocycles. The first-order valence-corrected chi connectivity index (χ1v) is 9.96. The van der Waals surface area contributed by atoms with Gasteiger partial charge in [0.2, 0.25) is 0 Å². The smallest absolute Gasteiger partial charge is 0.326 e. The third-order valence-electron chi connectivity index (χ3n) is 3.58. The van der Waals surface area contributed by atoms with Gasteiger partial charge in [-0.15, -0.1) is 0 Å². The first-order valence-electron chi connectivity index (χ1n) is 8.57. The van der Waals surface area contributed by atoms with Crippen LogP contribution in [0, 0.1) is 5.92 Å². The van der Waals surface area contributed by atoms with E-state index in [4.69, 9.17) is 4.74 Å². The molecule has 146 valence electrons. The van der Waals surface area contributed by atoms with Crippen LogP contribution in [0.15, 0.2) is 24.3 Å². The van der Waals surface area contributed by atoms with Gasteiger partial charge in [-0.1, -0.05) is 26.0 Å². The first kappa shape index (κ1) is 20.8.